The van der Waals surface area contributed by atoms with E-state index in [2.05, 4.69) is 10.2 Å². The molecule has 0 radical (unpaired) electrons. The molecule has 3 nitrogen and oxygen atoms in total. The van der Waals surface area contributed by atoms with Crippen molar-refractivity contribution in [1.29, 1.82) is 0 Å². The zero-order valence-electron chi connectivity index (χ0n) is 12.2. The number of nitrogens with zero attached hydrogens (tertiary/aromatic N) is 1. The monoisotopic (exact) mass is 296 g/mol. The first-order chi connectivity index (χ1) is 10.2. The Morgan fingerprint density at radius 1 is 1.14 bits per heavy atom. The third kappa shape index (κ3) is 3.52. The van der Waals surface area contributed by atoms with Gasteiger partial charge in [0.15, 0.2) is 11.6 Å². The average molecular weight is 296 g/mol. The van der Waals surface area contributed by atoms with Crippen molar-refractivity contribution in [3.63, 3.8) is 0 Å². The number of halogens is 2. The lowest BCUT2D eigenvalue weighted by Crippen LogP contribution is -2.39. The Morgan fingerprint density at radius 3 is 2.62 bits per heavy atom. The second-order valence-corrected chi connectivity index (χ2v) is 5.85. The molecule has 0 spiro atoms. The molecule has 2 aliphatic heterocycles. The molecule has 1 aromatic carbocycles. The molecule has 0 amide bonds. The molecule has 116 valence electrons. The van der Waals surface area contributed by atoms with Gasteiger partial charge in [-0.15, -0.1) is 0 Å². The lowest BCUT2D eigenvalue weighted by molar-refractivity contribution is 0.122. The number of nitrogens with one attached hydrogen (secondary N) is 1. The summed E-state index contributed by atoms with van der Waals surface area (Å²) in [5.41, 5.74) is 1.72. The summed E-state index contributed by atoms with van der Waals surface area (Å²) in [4.78, 5) is 2.10. The van der Waals surface area contributed by atoms with E-state index >= 15 is 0 Å². The zero-order chi connectivity index (χ0) is 14.7. The zero-order valence-corrected chi connectivity index (χ0v) is 12.2. The molecular formula is C16H22F2N2O. The standard InChI is InChI=1S/C16H22F2N2O/c17-14-10-12(9-13-3-1-2-4-19-13)16(11-15(14)18)20-5-7-21-8-6-20/h10-11,13,19H,1-9H2. The number of benzene rings is 1. The summed E-state index contributed by atoms with van der Waals surface area (Å²) in [6.45, 7) is 3.76. The van der Waals surface area contributed by atoms with Gasteiger partial charge in [-0.2, -0.15) is 0 Å². The molecule has 1 N–H and O–H groups in total. The van der Waals surface area contributed by atoms with Gasteiger partial charge in [0.2, 0.25) is 0 Å². The van der Waals surface area contributed by atoms with E-state index in [9.17, 15) is 8.78 Å². The molecule has 0 aromatic heterocycles. The van der Waals surface area contributed by atoms with E-state index in [1.807, 2.05) is 0 Å². The molecule has 2 saturated heterocycles. The highest BCUT2D eigenvalue weighted by molar-refractivity contribution is 5.55. The molecule has 21 heavy (non-hydrogen) atoms. The normalized spacial score (nSPS) is 23.3. The Balaban J connectivity index is 1.83. The highest BCUT2D eigenvalue weighted by Gasteiger charge is 2.21. The second-order valence-electron chi connectivity index (χ2n) is 5.85. The molecule has 0 bridgehead atoms. The maximum atomic E-state index is 13.6. The van der Waals surface area contributed by atoms with Crippen LogP contribution >= 0.6 is 0 Å². The summed E-state index contributed by atoms with van der Waals surface area (Å²) < 4.78 is 32.6. The molecule has 1 unspecified atom stereocenters. The highest BCUT2D eigenvalue weighted by atomic mass is 19.2. The van der Waals surface area contributed by atoms with Crippen LogP contribution in [0.3, 0.4) is 0 Å². The number of rotatable bonds is 3. The SMILES string of the molecule is Fc1cc(CC2CCCCN2)c(N2CCOCC2)cc1F. The van der Waals surface area contributed by atoms with Crippen molar-refractivity contribution in [2.75, 3.05) is 37.7 Å². The maximum absolute atomic E-state index is 13.6. The van der Waals surface area contributed by atoms with Gasteiger partial charge in [0.25, 0.3) is 0 Å². The minimum Gasteiger partial charge on any atom is -0.378 e. The van der Waals surface area contributed by atoms with Gasteiger partial charge < -0.3 is 15.0 Å². The van der Waals surface area contributed by atoms with Gasteiger partial charge in [-0.25, -0.2) is 8.78 Å². The quantitative estimate of drug-likeness (QED) is 0.927. The first-order valence-electron chi connectivity index (χ1n) is 7.78. The lowest BCUT2D eigenvalue weighted by atomic mass is 9.96. The Bertz CT molecular complexity index is 483. The summed E-state index contributed by atoms with van der Waals surface area (Å²) in [6.07, 6.45) is 4.25. The summed E-state index contributed by atoms with van der Waals surface area (Å²) in [5, 5.41) is 3.47. The topological polar surface area (TPSA) is 24.5 Å². The summed E-state index contributed by atoms with van der Waals surface area (Å²) in [6, 6.07) is 3.08. The van der Waals surface area contributed by atoms with Crippen LogP contribution in [0.5, 0.6) is 0 Å². The number of hydrogen-bond donors (Lipinski definition) is 1. The average Bonchev–Trinajstić information content (AvgIpc) is 2.52. The maximum Gasteiger partial charge on any atom is 0.160 e. The van der Waals surface area contributed by atoms with Gasteiger partial charge >= 0.3 is 0 Å². The van der Waals surface area contributed by atoms with Crippen molar-refractivity contribution < 1.29 is 13.5 Å². The largest absolute Gasteiger partial charge is 0.378 e. The fourth-order valence-electron chi connectivity index (χ4n) is 3.20. The molecule has 1 aromatic rings. The van der Waals surface area contributed by atoms with Crippen LogP contribution in [-0.2, 0) is 11.2 Å². The molecule has 0 saturated carbocycles. The number of ether oxygens (including phenoxy) is 1. The van der Waals surface area contributed by atoms with E-state index in [0.717, 1.165) is 43.7 Å². The first kappa shape index (κ1) is 14.7. The van der Waals surface area contributed by atoms with Gasteiger partial charge in [-0.05, 0) is 37.4 Å². The van der Waals surface area contributed by atoms with Crippen LogP contribution in [0, 0.1) is 11.6 Å². The Labute approximate surface area is 124 Å². The predicted octanol–water partition coefficient (Wildman–Crippen LogP) is 2.49. The van der Waals surface area contributed by atoms with Gasteiger partial charge in [0.05, 0.1) is 13.2 Å². The molecule has 0 aliphatic carbocycles. The third-order valence-electron chi connectivity index (χ3n) is 4.35. The van der Waals surface area contributed by atoms with Crippen LogP contribution in [0.2, 0.25) is 0 Å². The minimum absolute atomic E-state index is 0.364. The first-order valence-corrected chi connectivity index (χ1v) is 7.78. The molecule has 1 atom stereocenters. The molecular weight excluding hydrogens is 274 g/mol. The minimum atomic E-state index is -0.767. The third-order valence-corrected chi connectivity index (χ3v) is 4.35. The van der Waals surface area contributed by atoms with E-state index in [1.165, 1.54) is 25.0 Å². The molecule has 2 aliphatic rings. The van der Waals surface area contributed by atoms with Gasteiger partial charge in [0, 0.05) is 30.9 Å². The summed E-state index contributed by atoms with van der Waals surface area (Å²) in [5.74, 6) is -1.52. The van der Waals surface area contributed by atoms with Crippen molar-refractivity contribution in [2.45, 2.75) is 31.7 Å². The van der Waals surface area contributed by atoms with Crippen LogP contribution in [0.15, 0.2) is 12.1 Å². The number of anilines is 1. The summed E-state index contributed by atoms with van der Waals surface area (Å²) in [7, 11) is 0. The second kappa shape index (κ2) is 6.71. The fraction of sp³-hybridized carbons (Fsp3) is 0.625. The van der Waals surface area contributed by atoms with Crippen molar-refractivity contribution in [3.05, 3.63) is 29.3 Å². The highest BCUT2D eigenvalue weighted by Crippen LogP contribution is 2.27. The lowest BCUT2D eigenvalue weighted by Gasteiger charge is -2.32. The Kier molecular flexibility index (Phi) is 4.70. The molecule has 5 heteroatoms. The van der Waals surface area contributed by atoms with Crippen molar-refractivity contribution >= 4 is 5.69 Å². The molecule has 2 fully saturated rings. The predicted molar refractivity (Wildman–Crippen MR) is 78.7 cm³/mol. The molecule has 3 rings (SSSR count). The van der Waals surface area contributed by atoms with Crippen molar-refractivity contribution in [1.82, 2.24) is 5.32 Å². The number of piperidine rings is 1. The smallest absolute Gasteiger partial charge is 0.160 e. The Morgan fingerprint density at radius 2 is 1.90 bits per heavy atom. The van der Waals surface area contributed by atoms with Crippen LogP contribution in [-0.4, -0.2) is 38.9 Å². The van der Waals surface area contributed by atoms with E-state index in [-0.39, 0.29) is 0 Å². The van der Waals surface area contributed by atoms with Crippen molar-refractivity contribution in [3.8, 4) is 0 Å². The fourth-order valence-corrected chi connectivity index (χ4v) is 3.20. The van der Waals surface area contributed by atoms with Crippen LogP contribution < -0.4 is 10.2 Å². The van der Waals surface area contributed by atoms with E-state index in [1.54, 1.807) is 0 Å². The molecule has 2 heterocycles. The van der Waals surface area contributed by atoms with Crippen LogP contribution in [0.25, 0.3) is 0 Å². The van der Waals surface area contributed by atoms with E-state index in [4.69, 9.17) is 4.74 Å². The Hall–Kier alpha value is -1.20. The van der Waals surface area contributed by atoms with Crippen molar-refractivity contribution in [2.24, 2.45) is 0 Å². The van der Waals surface area contributed by atoms with E-state index < -0.39 is 11.6 Å². The van der Waals surface area contributed by atoms with Gasteiger partial charge in [-0.1, -0.05) is 6.42 Å². The van der Waals surface area contributed by atoms with Gasteiger partial charge in [0.1, 0.15) is 0 Å². The van der Waals surface area contributed by atoms with Crippen LogP contribution in [0.4, 0.5) is 14.5 Å². The summed E-state index contributed by atoms with van der Waals surface area (Å²) >= 11 is 0. The van der Waals surface area contributed by atoms with Crippen LogP contribution in [0.1, 0.15) is 24.8 Å². The number of hydrogen-bond acceptors (Lipinski definition) is 3. The number of morpholine rings is 1. The van der Waals surface area contributed by atoms with E-state index in [0.29, 0.717) is 19.3 Å². The van der Waals surface area contributed by atoms with Gasteiger partial charge in [-0.3, -0.25) is 0 Å².